The third kappa shape index (κ3) is 5.29. The fraction of sp³-hybridized carbons (Fsp3) is 0.533. The first-order valence-electron chi connectivity index (χ1n) is 6.40. The Morgan fingerprint density at radius 1 is 1.20 bits per heavy atom. The van der Waals surface area contributed by atoms with E-state index in [4.69, 9.17) is 25.8 Å². The van der Waals surface area contributed by atoms with Gasteiger partial charge >= 0.3 is 5.97 Å². The van der Waals surface area contributed by atoms with Crippen LogP contribution in [0.1, 0.15) is 20.8 Å². The molecule has 0 aliphatic rings. The maximum atomic E-state index is 11.8. The second kappa shape index (κ2) is 7.39. The molecule has 0 amide bonds. The first-order chi connectivity index (χ1) is 9.36. The van der Waals surface area contributed by atoms with Crippen LogP contribution in [0.15, 0.2) is 24.3 Å². The highest BCUT2D eigenvalue weighted by atomic mass is 35.5. The van der Waals surface area contributed by atoms with E-state index in [0.717, 1.165) is 5.75 Å². The highest BCUT2D eigenvalue weighted by molar-refractivity contribution is 6.18. The van der Waals surface area contributed by atoms with Crippen LogP contribution in [0.25, 0.3) is 0 Å². The zero-order valence-corrected chi connectivity index (χ0v) is 13.1. The normalized spacial score (nSPS) is 12.7. The smallest absolute Gasteiger partial charge is 0.311 e. The van der Waals surface area contributed by atoms with Gasteiger partial charge in [0.05, 0.1) is 18.4 Å². The molecule has 1 atom stereocenters. The lowest BCUT2D eigenvalue weighted by Crippen LogP contribution is -2.32. The monoisotopic (exact) mass is 300 g/mol. The van der Waals surface area contributed by atoms with Crippen molar-refractivity contribution in [3.05, 3.63) is 24.3 Å². The van der Waals surface area contributed by atoms with Gasteiger partial charge in [-0.25, -0.2) is 0 Å². The van der Waals surface area contributed by atoms with Crippen LogP contribution < -0.4 is 9.47 Å². The first-order valence-corrected chi connectivity index (χ1v) is 6.94. The van der Waals surface area contributed by atoms with E-state index in [1.165, 1.54) is 0 Å². The van der Waals surface area contributed by atoms with Gasteiger partial charge in [0.15, 0.2) is 0 Å². The second-order valence-corrected chi connectivity index (χ2v) is 5.73. The zero-order chi connectivity index (χ0) is 15.2. The first kappa shape index (κ1) is 16.6. The molecule has 0 bridgehead atoms. The Hall–Kier alpha value is -1.42. The fourth-order valence-electron chi connectivity index (χ4n) is 1.30. The predicted octanol–water partition coefficient (Wildman–Crippen LogP) is 3.27. The van der Waals surface area contributed by atoms with E-state index >= 15 is 0 Å². The highest BCUT2D eigenvalue weighted by Crippen LogP contribution is 2.19. The van der Waals surface area contributed by atoms with Crippen molar-refractivity contribution >= 4 is 17.6 Å². The van der Waals surface area contributed by atoms with Gasteiger partial charge in [-0.15, -0.1) is 11.6 Å². The van der Waals surface area contributed by atoms with Crippen molar-refractivity contribution in [2.45, 2.75) is 26.9 Å². The number of rotatable bonds is 6. The summed E-state index contributed by atoms with van der Waals surface area (Å²) in [5.41, 5.74) is -0.551. The zero-order valence-electron chi connectivity index (χ0n) is 12.3. The van der Waals surface area contributed by atoms with Crippen molar-refractivity contribution in [2.24, 2.45) is 5.41 Å². The average molecular weight is 301 g/mol. The van der Waals surface area contributed by atoms with Gasteiger partial charge in [-0.05, 0) is 45.0 Å². The van der Waals surface area contributed by atoms with Crippen molar-refractivity contribution in [1.82, 2.24) is 0 Å². The summed E-state index contributed by atoms with van der Waals surface area (Å²) in [4.78, 5) is 11.8. The number of hydrogen-bond donors (Lipinski definition) is 0. The molecule has 0 radical (unpaired) electrons. The molecular formula is C15H21ClO4. The van der Waals surface area contributed by atoms with Crippen LogP contribution in [0.5, 0.6) is 11.5 Å². The Kier molecular flexibility index (Phi) is 6.14. The summed E-state index contributed by atoms with van der Waals surface area (Å²) in [5, 5.41) is 0. The van der Waals surface area contributed by atoms with Crippen LogP contribution in [0.3, 0.4) is 0 Å². The van der Waals surface area contributed by atoms with E-state index in [1.54, 1.807) is 52.1 Å². The molecule has 0 saturated carbocycles. The molecule has 20 heavy (non-hydrogen) atoms. The Morgan fingerprint density at radius 2 is 1.75 bits per heavy atom. The Labute approximate surface area is 125 Å². The van der Waals surface area contributed by atoms with E-state index in [2.05, 4.69) is 0 Å². The van der Waals surface area contributed by atoms with E-state index in [9.17, 15) is 4.79 Å². The van der Waals surface area contributed by atoms with Crippen LogP contribution in [0.4, 0.5) is 0 Å². The van der Waals surface area contributed by atoms with E-state index < -0.39 is 11.5 Å². The molecule has 0 N–H and O–H groups in total. The molecule has 1 aromatic carbocycles. The van der Waals surface area contributed by atoms with E-state index in [-0.39, 0.29) is 18.5 Å². The number of ether oxygens (including phenoxy) is 3. The Morgan fingerprint density at radius 3 is 2.20 bits per heavy atom. The summed E-state index contributed by atoms with van der Waals surface area (Å²) < 4.78 is 15.9. The topological polar surface area (TPSA) is 44.8 Å². The molecule has 1 aromatic rings. The highest BCUT2D eigenvalue weighted by Gasteiger charge is 2.26. The second-order valence-electron chi connectivity index (χ2n) is 5.42. The van der Waals surface area contributed by atoms with Crippen LogP contribution >= 0.6 is 11.6 Å². The van der Waals surface area contributed by atoms with Crippen LogP contribution in [0, 0.1) is 5.41 Å². The lowest BCUT2D eigenvalue weighted by atomic mass is 9.97. The summed E-state index contributed by atoms with van der Waals surface area (Å²) >= 11 is 5.80. The average Bonchev–Trinajstić information content (AvgIpc) is 2.42. The van der Waals surface area contributed by atoms with Gasteiger partial charge < -0.3 is 14.2 Å². The molecule has 0 fully saturated rings. The SMILES string of the molecule is COc1ccc(OCC(CCl)OC(=O)C(C)(C)C)cc1. The number of carbonyl (C=O) groups is 1. The maximum Gasteiger partial charge on any atom is 0.311 e. The van der Waals surface area contributed by atoms with Gasteiger partial charge in [-0.1, -0.05) is 0 Å². The third-order valence-corrected chi connectivity index (χ3v) is 2.90. The van der Waals surface area contributed by atoms with Crippen LogP contribution in [-0.4, -0.2) is 31.7 Å². The van der Waals surface area contributed by atoms with Crippen LogP contribution in [0.2, 0.25) is 0 Å². The van der Waals surface area contributed by atoms with Crippen molar-refractivity contribution in [2.75, 3.05) is 19.6 Å². The molecule has 0 aliphatic carbocycles. The number of esters is 1. The van der Waals surface area contributed by atoms with Crippen molar-refractivity contribution in [3.8, 4) is 11.5 Å². The fourth-order valence-corrected chi connectivity index (χ4v) is 1.45. The molecule has 0 aliphatic heterocycles. The summed E-state index contributed by atoms with van der Waals surface area (Å²) in [7, 11) is 1.60. The quantitative estimate of drug-likeness (QED) is 0.597. The summed E-state index contributed by atoms with van der Waals surface area (Å²) in [6, 6.07) is 7.17. The predicted molar refractivity (Wildman–Crippen MR) is 78.5 cm³/mol. The molecule has 0 aromatic heterocycles. The van der Waals surface area contributed by atoms with Crippen molar-refractivity contribution in [3.63, 3.8) is 0 Å². The lowest BCUT2D eigenvalue weighted by molar-refractivity contribution is -0.158. The lowest BCUT2D eigenvalue weighted by Gasteiger charge is -2.22. The largest absolute Gasteiger partial charge is 0.497 e. The number of halogens is 1. The number of methoxy groups -OCH3 is 1. The van der Waals surface area contributed by atoms with Crippen molar-refractivity contribution in [1.29, 1.82) is 0 Å². The van der Waals surface area contributed by atoms with Gasteiger partial charge in [0.1, 0.15) is 24.2 Å². The number of alkyl halides is 1. The summed E-state index contributed by atoms with van der Waals surface area (Å²) in [6.45, 7) is 5.61. The molecule has 112 valence electrons. The van der Waals surface area contributed by atoms with E-state index in [0.29, 0.717) is 5.75 Å². The van der Waals surface area contributed by atoms with Gasteiger partial charge in [0, 0.05) is 0 Å². The molecule has 0 heterocycles. The van der Waals surface area contributed by atoms with Gasteiger partial charge in [-0.2, -0.15) is 0 Å². The minimum atomic E-state index is -0.551. The molecular weight excluding hydrogens is 280 g/mol. The molecule has 0 saturated heterocycles. The maximum absolute atomic E-state index is 11.8. The molecule has 4 nitrogen and oxygen atoms in total. The van der Waals surface area contributed by atoms with Gasteiger partial charge in [0.2, 0.25) is 0 Å². The van der Waals surface area contributed by atoms with Crippen LogP contribution in [-0.2, 0) is 9.53 Å². The number of hydrogen-bond acceptors (Lipinski definition) is 4. The third-order valence-electron chi connectivity index (χ3n) is 2.55. The Balaban J connectivity index is 2.50. The molecule has 0 spiro atoms. The minimum absolute atomic E-state index is 0.192. The van der Waals surface area contributed by atoms with E-state index in [1.807, 2.05) is 0 Å². The summed E-state index contributed by atoms with van der Waals surface area (Å²) in [5.74, 6) is 1.33. The minimum Gasteiger partial charge on any atom is -0.497 e. The van der Waals surface area contributed by atoms with Gasteiger partial charge in [-0.3, -0.25) is 4.79 Å². The number of carbonyl (C=O) groups excluding carboxylic acids is 1. The van der Waals surface area contributed by atoms with Gasteiger partial charge in [0.25, 0.3) is 0 Å². The number of benzene rings is 1. The molecule has 5 heteroatoms. The summed E-state index contributed by atoms with van der Waals surface area (Å²) in [6.07, 6.45) is -0.467. The Bertz CT molecular complexity index is 422. The molecule has 1 rings (SSSR count). The molecule has 1 unspecified atom stereocenters. The van der Waals surface area contributed by atoms with Crippen molar-refractivity contribution < 1.29 is 19.0 Å². The standard InChI is InChI=1S/C15H21ClO4/c1-15(2,3)14(17)20-13(9-16)10-19-12-7-5-11(18-4)6-8-12/h5-8,13H,9-10H2,1-4H3.